The summed E-state index contributed by atoms with van der Waals surface area (Å²) in [5.41, 5.74) is -1.09. The third kappa shape index (κ3) is 2.63. The van der Waals surface area contributed by atoms with E-state index in [4.69, 9.17) is 0 Å². The summed E-state index contributed by atoms with van der Waals surface area (Å²) < 4.78 is 63.4. The van der Waals surface area contributed by atoms with Crippen LogP contribution in [-0.4, -0.2) is 14.5 Å². The summed E-state index contributed by atoms with van der Waals surface area (Å²) in [6, 6.07) is -0.235. The molecule has 96 valence electrons. The molecule has 0 aliphatic heterocycles. The molecule has 17 heavy (non-hydrogen) atoms. The zero-order valence-electron chi connectivity index (χ0n) is 8.78. The van der Waals surface area contributed by atoms with Crippen LogP contribution in [0.1, 0.15) is 18.9 Å². The molecule has 0 amide bonds. The molecule has 0 radical (unpaired) electrons. The number of hydrogen-bond acceptors (Lipinski definition) is 3. The van der Waals surface area contributed by atoms with Crippen molar-refractivity contribution in [1.29, 1.82) is 0 Å². The average molecular weight is 285 g/mol. The zero-order valence-corrected chi connectivity index (χ0v) is 10.4. The zero-order chi connectivity index (χ0) is 12.8. The van der Waals surface area contributed by atoms with Crippen molar-refractivity contribution in [2.45, 2.75) is 30.5 Å². The summed E-state index contributed by atoms with van der Waals surface area (Å²) in [6.45, 7) is 1.84. The highest BCUT2D eigenvalue weighted by atomic mass is 32.2. The van der Waals surface area contributed by atoms with Gasteiger partial charge in [0.05, 0.1) is 5.56 Å². The van der Waals surface area contributed by atoms with Gasteiger partial charge < -0.3 is 0 Å². The first kappa shape index (κ1) is 12.8. The van der Waals surface area contributed by atoms with Crippen LogP contribution in [0.3, 0.4) is 0 Å². The van der Waals surface area contributed by atoms with Gasteiger partial charge in [-0.25, -0.2) is 13.1 Å². The van der Waals surface area contributed by atoms with Gasteiger partial charge in [0.25, 0.3) is 0 Å². The van der Waals surface area contributed by atoms with Crippen molar-refractivity contribution in [1.82, 2.24) is 4.72 Å². The lowest BCUT2D eigenvalue weighted by Crippen LogP contribution is -2.28. The minimum Gasteiger partial charge on any atom is -0.208 e. The van der Waals surface area contributed by atoms with E-state index in [0.717, 1.165) is 22.1 Å². The molecule has 2 rings (SSSR count). The molecule has 1 N–H and O–H groups in total. The number of hydrogen-bond donors (Lipinski definition) is 1. The summed E-state index contributed by atoms with van der Waals surface area (Å²) in [6.07, 6.45) is -3.97. The molecule has 1 aliphatic rings. The number of rotatable bonds is 3. The third-order valence-electron chi connectivity index (χ3n) is 2.64. The molecule has 1 saturated carbocycles. The molecule has 1 aliphatic carbocycles. The van der Waals surface area contributed by atoms with Crippen molar-refractivity contribution in [3.8, 4) is 0 Å². The molecule has 2 unspecified atom stereocenters. The van der Waals surface area contributed by atoms with Gasteiger partial charge in [-0.1, -0.05) is 6.92 Å². The Bertz CT molecular complexity index is 521. The molecule has 0 aromatic carbocycles. The highest BCUT2D eigenvalue weighted by molar-refractivity contribution is 7.89. The van der Waals surface area contributed by atoms with E-state index in [2.05, 4.69) is 4.72 Å². The average Bonchev–Trinajstić information content (AvgIpc) is 2.69. The molecule has 1 fully saturated rings. The van der Waals surface area contributed by atoms with E-state index in [9.17, 15) is 21.6 Å². The predicted molar refractivity (Wildman–Crippen MR) is 57.2 cm³/mol. The maximum Gasteiger partial charge on any atom is 0.418 e. The smallest absolute Gasteiger partial charge is 0.208 e. The Balaban J connectivity index is 2.30. The normalized spacial score (nSPS) is 24.9. The maximum absolute atomic E-state index is 12.6. The van der Waals surface area contributed by atoms with Gasteiger partial charge in [-0.3, -0.25) is 0 Å². The van der Waals surface area contributed by atoms with Gasteiger partial charge in [-0.05, 0) is 12.3 Å². The Kier molecular flexibility index (Phi) is 2.99. The molecule has 1 heterocycles. The molecule has 8 heteroatoms. The monoisotopic (exact) mass is 285 g/mol. The largest absolute Gasteiger partial charge is 0.418 e. The van der Waals surface area contributed by atoms with E-state index in [0.29, 0.717) is 6.42 Å². The highest BCUT2D eigenvalue weighted by Gasteiger charge is 2.41. The van der Waals surface area contributed by atoms with Crippen molar-refractivity contribution < 1.29 is 21.6 Å². The van der Waals surface area contributed by atoms with Gasteiger partial charge in [-0.2, -0.15) is 24.5 Å². The van der Waals surface area contributed by atoms with Crippen LogP contribution >= 0.6 is 11.3 Å². The Labute approximate surface area is 101 Å². The fraction of sp³-hybridized carbons (Fsp3) is 0.556. The first-order chi connectivity index (χ1) is 7.72. The van der Waals surface area contributed by atoms with E-state index in [1.807, 2.05) is 6.92 Å². The number of alkyl halides is 3. The molecule has 2 atom stereocenters. The lowest BCUT2D eigenvalue weighted by molar-refractivity contribution is -0.139. The molecular formula is C9H10F3NO2S2. The lowest BCUT2D eigenvalue weighted by atomic mass is 10.3. The van der Waals surface area contributed by atoms with Gasteiger partial charge in [0.2, 0.25) is 10.0 Å². The first-order valence-corrected chi connectivity index (χ1v) is 7.30. The first-order valence-electron chi connectivity index (χ1n) is 4.87. The van der Waals surface area contributed by atoms with Gasteiger partial charge in [-0.15, -0.1) is 0 Å². The van der Waals surface area contributed by atoms with Crippen LogP contribution < -0.4 is 4.72 Å². The second kappa shape index (κ2) is 3.96. The quantitative estimate of drug-likeness (QED) is 0.927. The summed E-state index contributed by atoms with van der Waals surface area (Å²) >= 11 is 0.729. The Morgan fingerprint density at radius 2 is 2.00 bits per heavy atom. The molecule has 0 bridgehead atoms. The summed E-state index contributed by atoms with van der Waals surface area (Å²) in [5.74, 6) is 0.192. The third-order valence-corrected chi connectivity index (χ3v) is 5.06. The van der Waals surface area contributed by atoms with Crippen LogP contribution in [0.25, 0.3) is 0 Å². The second-order valence-corrected chi connectivity index (χ2v) is 6.51. The SMILES string of the molecule is CC1CC1NS(=O)(=O)c1cscc1C(F)(F)F. The van der Waals surface area contributed by atoms with Gasteiger partial charge >= 0.3 is 6.18 Å². The van der Waals surface area contributed by atoms with Crippen LogP contribution in [0, 0.1) is 5.92 Å². The van der Waals surface area contributed by atoms with Crippen LogP contribution in [0.4, 0.5) is 13.2 Å². The van der Waals surface area contributed by atoms with Crippen molar-refractivity contribution in [2.24, 2.45) is 5.92 Å². The van der Waals surface area contributed by atoms with Crippen LogP contribution in [0.15, 0.2) is 15.7 Å². The predicted octanol–water partition coefficient (Wildman–Crippen LogP) is 2.45. The van der Waals surface area contributed by atoms with E-state index in [1.165, 1.54) is 0 Å². The Morgan fingerprint density at radius 3 is 2.47 bits per heavy atom. The van der Waals surface area contributed by atoms with E-state index < -0.39 is 26.7 Å². The minimum atomic E-state index is -4.64. The van der Waals surface area contributed by atoms with Gasteiger partial charge in [0.15, 0.2) is 0 Å². The molecule has 0 saturated heterocycles. The fourth-order valence-corrected chi connectivity index (χ4v) is 4.23. The van der Waals surface area contributed by atoms with Crippen molar-refractivity contribution in [3.05, 3.63) is 16.3 Å². The molecule has 1 aromatic rings. The summed E-state index contributed by atoms with van der Waals surface area (Å²) in [7, 11) is -4.06. The van der Waals surface area contributed by atoms with Crippen LogP contribution in [0.2, 0.25) is 0 Å². The summed E-state index contributed by atoms with van der Waals surface area (Å²) in [4.78, 5) is -0.672. The Hall–Kier alpha value is -0.600. The second-order valence-electron chi connectivity index (χ2n) is 4.09. The molecule has 0 spiro atoms. The fourth-order valence-electron chi connectivity index (χ4n) is 1.45. The number of sulfonamides is 1. The van der Waals surface area contributed by atoms with Crippen molar-refractivity contribution in [2.75, 3.05) is 0 Å². The van der Waals surface area contributed by atoms with Crippen LogP contribution in [-0.2, 0) is 16.2 Å². The Morgan fingerprint density at radius 1 is 1.41 bits per heavy atom. The number of halogens is 3. The number of thiophene rings is 1. The molecular weight excluding hydrogens is 275 g/mol. The maximum atomic E-state index is 12.6. The van der Waals surface area contributed by atoms with Crippen molar-refractivity contribution in [3.63, 3.8) is 0 Å². The number of nitrogens with one attached hydrogen (secondary N) is 1. The lowest BCUT2D eigenvalue weighted by Gasteiger charge is -2.09. The minimum absolute atomic E-state index is 0.192. The van der Waals surface area contributed by atoms with E-state index in [-0.39, 0.29) is 12.0 Å². The van der Waals surface area contributed by atoms with Crippen molar-refractivity contribution >= 4 is 21.4 Å². The van der Waals surface area contributed by atoms with E-state index >= 15 is 0 Å². The molecule has 1 aromatic heterocycles. The van der Waals surface area contributed by atoms with Gasteiger partial charge in [0.1, 0.15) is 4.90 Å². The summed E-state index contributed by atoms with van der Waals surface area (Å²) in [5, 5.41) is 1.82. The standard InChI is InChI=1S/C9H10F3NO2S2/c1-5-2-7(5)13-17(14,15)8-4-16-3-6(8)9(10,11)12/h3-5,7,13H,2H2,1H3. The van der Waals surface area contributed by atoms with E-state index in [1.54, 1.807) is 0 Å². The molecule has 3 nitrogen and oxygen atoms in total. The highest BCUT2D eigenvalue weighted by Crippen LogP contribution is 2.38. The van der Waals surface area contributed by atoms with Gasteiger partial charge in [0, 0.05) is 16.8 Å². The van der Waals surface area contributed by atoms with Crippen LogP contribution in [0.5, 0.6) is 0 Å². The topological polar surface area (TPSA) is 46.2 Å².